The average Bonchev–Trinajstić information content (AvgIpc) is 2.66. The van der Waals surface area contributed by atoms with Crippen molar-refractivity contribution in [1.29, 1.82) is 0 Å². The minimum absolute atomic E-state index is 0.00130. The lowest BCUT2D eigenvalue weighted by Crippen LogP contribution is -1.95. The lowest BCUT2D eigenvalue weighted by molar-refractivity contribution is 0.104. The third kappa shape index (κ3) is 1.83. The zero-order chi connectivity index (χ0) is 12.5. The molecule has 0 unspecified atom stereocenters. The molecule has 0 saturated heterocycles. The molecule has 0 heterocycles. The van der Waals surface area contributed by atoms with Crippen LogP contribution in [-0.4, -0.2) is 5.78 Å². The Morgan fingerprint density at radius 3 is 2.33 bits per heavy atom. The van der Waals surface area contributed by atoms with E-state index in [9.17, 15) is 4.79 Å². The fraction of sp³-hybridized carbons (Fsp3) is 0.0625. The first-order valence-electron chi connectivity index (χ1n) is 5.82. The van der Waals surface area contributed by atoms with Crippen LogP contribution in [0.1, 0.15) is 26.3 Å². The summed E-state index contributed by atoms with van der Waals surface area (Å²) in [5, 5.41) is 0. The molecule has 0 radical (unpaired) electrons. The van der Waals surface area contributed by atoms with Crippen molar-refractivity contribution in [3.63, 3.8) is 0 Å². The van der Waals surface area contributed by atoms with Gasteiger partial charge in [-0.2, -0.15) is 0 Å². The first-order valence-corrected chi connectivity index (χ1v) is 6.73. The van der Waals surface area contributed by atoms with Crippen molar-refractivity contribution in [1.82, 2.24) is 0 Å². The average molecular weight is 299 g/mol. The van der Waals surface area contributed by atoms with E-state index in [-0.39, 0.29) is 10.6 Å². The van der Waals surface area contributed by atoms with Crippen molar-refractivity contribution in [2.24, 2.45) is 0 Å². The molecule has 0 fully saturated rings. The first kappa shape index (κ1) is 11.4. The van der Waals surface area contributed by atoms with Crippen molar-refractivity contribution < 1.29 is 4.79 Å². The van der Waals surface area contributed by atoms with E-state index in [0.717, 1.165) is 22.3 Å². The highest BCUT2D eigenvalue weighted by Gasteiger charge is 2.32. The fourth-order valence-electron chi connectivity index (χ4n) is 2.23. The summed E-state index contributed by atoms with van der Waals surface area (Å²) >= 11 is 3.61. The molecule has 1 aliphatic carbocycles. The second-order valence-electron chi connectivity index (χ2n) is 4.29. The van der Waals surface area contributed by atoms with Crippen molar-refractivity contribution in [2.45, 2.75) is 4.83 Å². The zero-order valence-electron chi connectivity index (χ0n) is 9.64. The van der Waals surface area contributed by atoms with Crippen LogP contribution in [0.25, 0.3) is 6.08 Å². The maximum atomic E-state index is 12.3. The smallest absolute Gasteiger partial charge is 0.190 e. The number of carbonyl (C=O) groups excluding carboxylic acids is 1. The summed E-state index contributed by atoms with van der Waals surface area (Å²) in [6.45, 7) is 0. The highest BCUT2D eigenvalue weighted by Crippen LogP contribution is 2.42. The van der Waals surface area contributed by atoms with Crippen LogP contribution in [0.5, 0.6) is 0 Å². The van der Waals surface area contributed by atoms with Crippen LogP contribution in [0.4, 0.5) is 0 Å². The molecule has 1 nitrogen and oxygen atoms in total. The van der Waals surface area contributed by atoms with E-state index in [0.29, 0.717) is 0 Å². The van der Waals surface area contributed by atoms with Crippen LogP contribution < -0.4 is 0 Å². The van der Waals surface area contributed by atoms with Gasteiger partial charge in [-0.1, -0.05) is 70.5 Å². The van der Waals surface area contributed by atoms with Crippen molar-refractivity contribution in [2.75, 3.05) is 0 Å². The Kier molecular flexibility index (Phi) is 2.88. The van der Waals surface area contributed by atoms with Crippen molar-refractivity contribution in [3.05, 3.63) is 76.9 Å². The molecule has 0 amide bonds. The third-order valence-corrected chi connectivity index (χ3v) is 4.12. The lowest BCUT2D eigenvalue weighted by atomic mass is 10.1. The van der Waals surface area contributed by atoms with Gasteiger partial charge in [-0.15, -0.1) is 0 Å². The molecule has 1 atom stereocenters. The molecule has 2 aromatic rings. The van der Waals surface area contributed by atoms with Crippen molar-refractivity contribution in [3.8, 4) is 0 Å². The van der Waals surface area contributed by atoms with Gasteiger partial charge in [0.15, 0.2) is 5.78 Å². The highest BCUT2D eigenvalue weighted by molar-refractivity contribution is 9.09. The number of hydrogen-bond acceptors (Lipinski definition) is 1. The molecular formula is C16H11BrO. The van der Waals surface area contributed by atoms with Crippen LogP contribution in [0.15, 0.2) is 60.2 Å². The summed E-state index contributed by atoms with van der Waals surface area (Å²) in [5.74, 6) is 0.122. The summed E-state index contributed by atoms with van der Waals surface area (Å²) in [6, 6.07) is 17.7. The number of carbonyl (C=O) groups is 1. The summed E-state index contributed by atoms with van der Waals surface area (Å²) < 4.78 is 0. The van der Waals surface area contributed by atoms with Crippen LogP contribution in [0.3, 0.4) is 0 Å². The Bertz CT molecular complexity index is 629. The number of halogens is 1. The summed E-state index contributed by atoms with van der Waals surface area (Å²) in [5.41, 5.74) is 3.73. The predicted molar refractivity (Wildman–Crippen MR) is 76.9 cm³/mol. The number of fused-ring (bicyclic) bond motifs is 1. The van der Waals surface area contributed by atoms with E-state index in [4.69, 9.17) is 0 Å². The van der Waals surface area contributed by atoms with E-state index in [1.165, 1.54) is 0 Å². The van der Waals surface area contributed by atoms with Crippen LogP contribution in [0.2, 0.25) is 0 Å². The summed E-state index contributed by atoms with van der Waals surface area (Å²) in [7, 11) is 0. The molecule has 1 aliphatic rings. The fourth-order valence-corrected chi connectivity index (χ4v) is 2.97. The molecular weight excluding hydrogens is 288 g/mol. The molecule has 0 N–H and O–H groups in total. The number of alkyl halides is 1. The predicted octanol–water partition coefficient (Wildman–Crippen LogP) is 4.40. The molecule has 3 rings (SSSR count). The van der Waals surface area contributed by atoms with Crippen LogP contribution >= 0.6 is 15.9 Å². The maximum absolute atomic E-state index is 12.3. The Labute approximate surface area is 114 Å². The minimum Gasteiger partial charge on any atom is -0.289 e. The van der Waals surface area contributed by atoms with Crippen LogP contribution in [0, 0.1) is 0 Å². The second-order valence-corrected chi connectivity index (χ2v) is 5.20. The molecule has 0 aromatic heterocycles. The number of ketones is 1. The van der Waals surface area contributed by atoms with Gasteiger partial charge in [0.05, 0.1) is 4.83 Å². The first-order chi connectivity index (χ1) is 8.77. The van der Waals surface area contributed by atoms with Gasteiger partial charge < -0.3 is 0 Å². The molecule has 0 spiro atoms. The van der Waals surface area contributed by atoms with Crippen LogP contribution in [-0.2, 0) is 0 Å². The van der Waals surface area contributed by atoms with E-state index >= 15 is 0 Å². The van der Waals surface area contributed by atoms with E-state index in [2.05, 4.69) is 15.9 Å². The molecule has 0 bridgehead atoms. The monoisotopic (exact) mass is 298 g/mol. The van der Waals surface area contributed by atoms with E-state index in [1.807, 2.05) is 60.7 Å². The second kappa shape index (κ2) is 4.54. The van der Waals surface area contributed by atoms with Gasteiger partial charge in [0.1, 0.15) is 0 Å². The Morgan fingerprint density at radius 2 is 1.61 bits per heavy atom. The molecule has 0 saturated carbocycles. The lowest BCUT2D eigenvalue weighted by Gasteiger charge is -2.03. The van der Waals surface area contributed by atoms with Gasteiger partial charge in [-0.25, -0.2) is 0 Å². The third-order valence-electron chi connectivity index (χ3n) is 3.14. The molecule has 2 aromatic carbocycles. The number of Topliss-reactive ketones (excluding diaryl/α,β-unsaturated/α-hetero) is 1. The number of rotatable bonds is 1. The molecule has 18 heavy (non-hydrogen) atoms. The van der Waals surface area contributed by atoms with E-state index in [1.54, 1.807) is 0 Å². The Morgan fingerprint density at radius 1 is 0.944 bits per heavy atom. The van der Waals surface area contributed by atoms with Gasteiger partial charge in [-0.3, -0.25) is 4.79 Å². The van der Waals surface area contributed by atoms with E-state index < -0.39 is 0 Å². The standard InChI is InChI=1S/C16H11BrO/c17-15-12-8-4-5-9-13(12)16(18)14(15)10-11-6-2-1-3-7-11/h1-10,15H/b14-10-/t15-/m0/s1. The Balaban J connectivity index is 2.07. The molecule has 2 heteroatoms. The summed E-state index contributed by atoms with van der Waals surface area (Å²) in [6.07, 6.45) is 1.96. The normalized spacial score (nSPS) is 20.2. The zero-order valence-corrected chi connectivity index (χ0v) is 11.2. The maximum Gasteiger partial charge on any atom is 0.190 e. The molecule has 0 aliphatic heterocycles. The molecule has 88 valence electrons. The van der Waals surface area contributed by atoms with Gasteiger partial charge in [0, 0.05) is 11.1 Å². The SMILES string of the molecule is O=C1/C(=C\c2ccccc2)[C@@H](Br)c2ccccc21. The quantitative estimate of drug-likeness (QED) is 0.563. The van der Waals surface area contributed by atoms with Crippen molar-refractivity contribution >= 4 is 27.8 Å². The number of hydrogen-bond donors (Lipinski definition) is 0. The number of benzene rings is 2. The summed E-state index contributed by atoms with van der Waals surface area (Å²) in [4.78, 5) is 12.3. The highest BCUT2D eigenvalue weighted by atomic mass is 79.9. The van der Waals surface area contributed by atoms with Gasteiger partial charge in [-0.05, 0) is 17.2 Å². The van der Waals surface area contributed by atoms with Gasteiger partial charge in [0.25, 0.3) is 0 Å². The van der Waals surface area contributed by atoms with Gasteiger partial charge in [0.2, 0.25) is 0 Å². The Hall–Kier alpha value is -1.67. The number of allylic oxidation sites excluding steroid dienone is 1. The van der Waals surface area contributed by atoms with Gasteiger partial charge >= 0.3 is 0 Å². The minimum atomic E-state index is 0.00130. The topological polar surface area (TPSA) is 17.1 Å². The largest absolute Gasteiger partial charge is 0.289 e.